The number of cyclic esters (lactones) is 1. The normalized spacial score (nSPS) is 17.6. The van der Waals surface area contributed by atoms with Crippen LogP contribution in [-0.2, 0) is 26.6 Å². The molecule has 1 aliphatic heterocycles. The maximum atomic E-state index is 12.8. The van der Waals surface area contributed by atoms with E-state index in [2.05, 4.69) is 6.58 Å². The molecule has 0 aromatic heterocycles. The summed E-state index contributed by atoms with van der Waals surface area (Å²) in [5, 5.41) is 1.83. The molecule has 1 saturated heterocycles. The van der Waals surface area contributed by atoms with Crippen LogP contribution in [0.2, 0.25) is 0 Å². The maximum Gasteiger partial charge on any atom is 0.416 e. The van der Waals surface area contributed by atoms with E-state index in [0.717, 1.165) is 0 Å². The Morgan fingerprint density at radius 3 is 2.15 bits per heavy atom. The molecular weight excluding hydrogens is 384 g/mol. The Labute approximate surface area is 148 Å². The van der Waals surface area contributed by atoms with Crippen molar-refractivity contribution in [2.45, 2.75) is 18.8 Å². The molecule has 0 spiro atoms. The van der Waals surface area contributed by atoms with Crippen LogP contribution in [0.1, 0.15) is 17.5 Å². The van der Waals surface area contributed by atoms with Crippen LogP contribution >= 0.6 is 0 Å². The fourth-order valence-corrected chi connectivity index (χ4v) is 2.27. The monoisotopic (exact) mass is 397 g/mol. The van der Waals surface area contributed by atoms with Crippen LogP contribution in [0.15, 0.2) is 30.4 Å². The zero-order valence-electron chi connectivity index (χ0n) is 13.5. The van der Waals surface area contributed by atoms with Crippen molar-refractivity contribution >= 4 is 17.7 Å². The second-order valence-corrected chi connectivity index (χ2v) is 5.66. The molecule has 2 rings (SSSR count). The maximum absolute atomic E-state index is 12.8. The highest BCUT2D eigenvalue weighted by Crippen LogP contribution is 2.37. The van der Waals surface area contributed by atoms with Crippen LogP contribution in [0.5, 0.6) is 0 Å². The first-order valence-electron chi connectivity index (χ1n) is 7.47. The number of rotatable bonds is 4. The van der Waals surface area contributed by atoms with E-state index in [9.17, 15) is 35.9 Å². The van der Waals surface area contributed by atoms with Gasteiger partial charge in [0.2, 0.25) is 0 Å². The van der Waals surface area contributed by atoms with Crippen molar-refractivity contribution in [3.8, 4) is 0 Å². The van der Waals surface area contributed by atoms with E-state index in [-0.39, 0.29) is 37.2 Å². The first-order valence-corrected chi connectivity index (χ1v) is 7.47. The molecule has 148 valence electrons. The van der Waals surface area contributed by atoms with Crippen molar-refractivity contribution < 1.29 is 45.4 Å². The predicted molar refractivity (Wildman–Crippen MR) is 79.6 cm³/mol. The fraction of sp³-hybridized carbons (Fsp3) is 0.375. The summed E-state index contributed by atoms with van der Waals surface area (Å²) in [4.78, 5) is 22.8. The molecule has 1 heterocycles. The van der Waals surface area contributed by atoms with Gasteiger partial charge in [-0.25, -0.2) is 9.59 Å². The molecule has 27 heavy (non-hydrogen) atoms. The minimum atomic E-state index is -5.03. The third kappa shape index (κ3) is 5.38. The Hall–Kier alpha value is -2.72. The molecule has 1 fully saturated rings. The molecule has 1 atom stereocenters. The minimum absolute atomic E-state index is 0.0563. The SMILES string of the molecule is C=C1C(=O)OC[C@H]1CCOC(=O)Nc1cc(C(F)(F)F)cc(C(F)(F)F)c1. The molecule has 0 saturated carbocycles. The Morgan fingerprint density at radius 2 is 1.70 bits per heavy atom. The van der Waals surface area contributed by atoms with E-state index < -0.39 is 41.2 Å². The van der Waals surface area contributed by atoms with Gasteiger partial charge in [0.1, 0.15) is 0 Å². The lowest BCUT2D eigenvalue weighted by Gasteiger charge is -2.15. The lowest BCUT2D eigenvalue weighted by atomic mass is 10.0. The van der Waals surface area contributed by atoms with Gasteiger partial charge in [0.05, 0.1) is 24.3 Å². The molecular formula is C16H13F6NO4. The highest BCUT2D eigenvalue weighted by molar-refractivity contribution is 5.90. The van der Waals surface area contributed by atoms with Gasteiger partial charge in [-0.2, -0.15) is 26.3 Å². The lowest BCUT2D eigenvalue weighted by molar-refractivity contribution is -0.143. The molecule has 1 aliphatic rings. The second-order valence-electron chi connectivity index (χ2n) is 5.66. The molecule has 1 aromatic carbocycles. The zero-order chi connectivity index (χ0) is 20.4. The van der Waals surface area contributed by atoms with E-state index in [1.54, 1.807) is 0 Å². The number of hydrogen-bond donors (Lipinski definition) is 1. The van der Waals surface area contributed by atoms with Crippen molar-refractivity contribution in [1.29, 1.82) is 0 Å². The molecule has 0 unspecified atom stereocenters. The van der Waals surface area contributed by atoms with Crippen LogP contribution in [0.25, 0.3) is 0 Å². The van der Waals surface area contributed by atoms with Gasteiger partial charge in [0.15, 0.2) is 0 Å². The van der Waals surface area contributed by atoms with Gasteiger partial charge in [-0.3, -0.25) is 5.32 Å². The van der Waals surface area contributed by atoms with Crippen molar-refractivity contribution in [3.05, 3.63) is 41.5 Å². The number of hydrogen-bond acceptors (Lipinski definition) is 4. The molecule has 1 N–H and O–H groups in total. The summed E-state index contributed by atoms with van der Waals surface area (Å²) in [7, 11) is 0. The molecule has 0 radical (unpaired) electrons. The van der Waals surface area contributed by atoms with Gasteiger partial charge >= 0.3 is 24.4 Å². The topological polar surface area (TPSA) is 64.6 Å². The Kier molecular flexibility index (Phi) is 5.71. The summed E-state index contributed by atoms with van der Waals surface area (Å²) < 4.78 is 86.0. The number of benzene rings is 1. The summed E-state index contributed by atoms with van der Waals surface area (Å²) in [6.07, 6.45) is -11.1. The Bertz CT molecular complexity index is 724. The number of carbonyl (C=O) groups excluding carboxylic acids is 2. The van der Waals surface area contributed by atoms with Gasteiger partial charge in [0.25, 0.3) is 0 Å². The van der Waals surface area contributed by atoms with Crippen molar-refractivity contribution in [2.24, 2.45) is 5.92 Å². The number of anilines is 1. The standard InChI is InChI=1S/C16H13F6NO4/c1-8-9(7-27-13(8)24)2-3-26-14(25)23-12-5-10(15(17,18)19)4-11(6-12)16(20,21)22/h4-6,9H,1-3,7H2,(H,23,25)/t9-/m1/s1. The highest BCUT2D eigenvalue weighted by Gasteiger charge is 2.37. The van der Waals surface area contributed by atoms with E-state index >= 15 is 0 Å². The van der Waals surface area contributed by atoms with Crippen LogP contribution < -0.4 is 5.32 Å². The van der Waals surface area contributed by atoms with Gasteiger partial charge in [-0.05, 0) is 24.6 Å². The average Bonchev–Trinajstić information content (AvgIpc) is 2.85. The minimum Gasteiger partial charge on any atom is -0.462 e. The van der Waals surface area contributed by atoms with Crippen LogP contribution in [0.3, 0.4) is 0 Å². The van der Waals surface area contributed by atoms with Crippen LogP contribution in [0.4, 0.5) is 36.8 Å². The van der Waals surface area contributed by atoms with E-state index in [1.165, 1.54) is 0 Å². The van der Waals surface area contributed by atoms with Crippen molar-refractivity contribution in [2.75, 3.05) is 18.5 Å². The first-order chi connectivity index (χ1) is 12.4. The van der Waals surface area contributed by atoms with Crippen LogP contribution in [0, 0.1) is 5.92 Å². The summed E-state index contributed by atoms with van der Waals surface area (Å²) in [6.45, 7) is 3.33. The molecule has 0 aliphatic carbocycles. The quantitative estimate of drug-likeness (QED) is 0.465. The second kappa shape index (κ2) is 7.49. The van der Waals surface area contributed by atoms with E-state index in [4.69, 9.17) is 9.47 Å². The number of halogens is 6. The van der Waals surface area contributed by atoms with E-state index in [0.29, 0.717) is 12.1 Å². The van der Waals surface area contributed by atoms with Crippen molar-refractivity contribution in [3.63, 3.8) is 0 Å². The summed E-state index contributed by atoms with van der Waals surface area (Å²) in [6, 6.07) is 0.670. The summed E-state index contributed by atoms with van der Waals surface area (Å²) in [5.74, 6) is -0.955. The Balaban J connectivity index is 2.02. The average molecular weight is 397 g/mol. The number of ether oxygens (including phenoxy) is 2. The smallest absolute Gasteiger partial charge is 0.416 e. The van der Waals surface area contributed by atoms with Gasteiger partial charge in [-0.15, -0.1) is 0 Å². The molecule has 1 amide bonds. The molecule has 5 nitrogen and oxygen atoms in total. The predicted octanol–water partition coefficient (Wildman–Crippen LogP) is 4.39. The number of carbonyl (C=O) groups is 2. The number of alkyl halides is 6. The Morgan fingerprint density at radius 1 is 1.15 bits per heavy atom. The third-order valence-electron chi connectivity index (χ3n) is 3.70. The lowest BCUT2D eigenvalue weighted by Crippen LogP contribution is -2.18. The van der Waals surface area contributed by atoms with Crippen LogP contribution in [-0.4, -0.2) is 25.3 Å². The highest BCUT2D eigenvalue weighted by atomic mass is 19.4. The third-order valence-corrected chi connectivity index (χ3v) is 3.70. The first kappa shape index (κ1) is 20.6. The zero-order valence-corrected chi connectivity index (χ0v) is 13.5. The van der Waals surface area contributed by atoms with E-state index in [1.807, 2.05) is 5.32 Å². The van der Waals surface area contributed by atoms with Crippen molar-refractivity contribution in [1.82, 2.24) is 0 Å². The molecule has 11 heteroatoms. The summed E-state index contributed by atoms with van der Waals surface area (Å²) >= 11 is 0. The fourth-order valence-electron chi connectivity index (χ4n) is 2.27. The molecule has 0 bridgehead atoms. The largest absolute Gasteiger partial charge is 0.462 e. The van der Waals surface area contributed by atoms with Gasteiger partial charge < -0.3 is 9.47 Å². The number of esters is 1. The van der Waals surface area contributed by atoms with Gasteiger partial charge in [0, 0.05) is 17.2 Å². The number of nitrogens with one attached hydrogen (secondary N) is 1. The van der Waals surface area contributed by atoms with Gasteiger partial charge in [-0.1, -0.05) is 6.58 Å². The molecule has 1 aromatic rings. The number of amides is 1. The summed E-state index contributed by atoms with van der Waals surface area (Å²) in [5.41, 5.74) is -3.64.